The molecular weight excluding hydrogens is 488 g/mol. The van der Waals surface area contributed by atoms with E-state index in [2.05, 4.69) is 0 Å². The van der Waals surface area contributed by atoms with E-state index in [4.69, 9.17) is 28.8 Å². The summed E-state index contributed by atoms with van der Waals surface area (Å²) in [5, 5.41) is 59.1. The van der Waals surface area contributed by atoms with Gasteiger partial charge in [-0.05, 0) is 35.4 Å². The standard InChI is InChI=1S/C26H32O11/c1-33-18-10-14(5-6-17(18)35-26-23(32)22(31)21(30)20(12-29)36-26)24-16(11-28)15-8-13(4-3-7-27)9-19(34-2)25(15)37-24/h3-6,8-10,16,20-24,26-32H,7,11-12H2,1-2H3/t16-,20+,21+,22-,23+,24-,26+/m0/s1. The Labute approximate surface area is 213 Å². The second kappa shape index (κ2) is 11.7. The number of hydrogen-bond donors (Lipinski definition) is 6. The highest BCUT2D eigenvalue weighted by molar-refractivity contribution is 5.62. The van der Waals surface area contributed by atoms with E-state index in [1.54, 1.807) is 36.4 Å². The van der Waals surface area contributed by atoms with Gasteiger partial charge >= 0.3 is 0 Å². The summed E-state index contributed by atoms with van der Waals surface area (Å²) in [7, 11) is 2.95. The predicted molar refractivity (Wildman–Crippen MR) is 130 cm³/mol. The van der Waals surface area contributed by atoms with Crippen LogP contribution < -0.4 is 18.9 Å². The average molecular weight is 521 g/mol. The van der Waals surface area contributed by atoms with Crippen molar-refractivity contribution in [3.63, 3.8) is 0 Å². The number of aliphatic hydroxyl groups is 6. The van der Waals surface area contributed by atoms with Gasteiger partial charge in [0, 0.05) is 5.56 Å². The van der Waals surface area contributed by atoms with Crippen molar-refractivity contribution < 1.29 is 54.3 Å². The Kier molecular flexibility index (Phi) is 8.55. The van der Waals surface area contributed by atoms with Gasteiger partial charge in [0.25, 0.3) is 0 Å². The number of methoxy groups -OCH3 is 2. The molecule has 0 aliphatic carbocycles. The number of hydrogen-bond acceptors (Lipinski definition) is 11. The molecule has 11 nitrogen and oxygen atoms in total. The number of fused-ring (bicyclic) bond motifs is 1. The Morgan fingerprint density at radius 2 is 1.62 bits per heavy atom. The summed E-state index contributed by atoms with van der Waals surface area (Å²) in [6.45, 7) is -0.900. The number of rotatable bonds is 9. The minimum atomic E-state index is -1.58. The number of benzene rings is 2. The van der Waals surface area contributed by atoms with Crippen LogP contribution in [0.3, 0.4) is 0 Å². The van der Waals surface area contributed by atoms with Crippen molar-refractivity contribution in [2.24, 2.45) is 0 Å². The third-order valence-electron chi connectivity index (χ3n) is 6.56. The molecular formula is C26H32O11. The van der Waals surface area contributed by atoms with E-state index in [-0.39, 0.29) is 24.7 Å². The minimum absolute atomic E-state index is 0.112. The van der Waals surface area contributed by atoms with Crippen molar-refractivity contribution in [3.05, 3.63) is 53.1 Å². The molecule has 2 aliphatic heterocycles. The third-order valence-corrected chi connectivity index (χ3v) is 6.56. The van der Waals surface area contributed by atoms with Gasteiger partial charge in [0.1, 0.15) is 30.5 Å². The molecule has 0 spiro atoms. The van der Waals surface area contributed by atoms with Gasteiger partial charge in [0.2, 0.25) is 6.29 Å². The van der Waals surface area contributed by atoms with Gasteiger partial charge in [-0.1, -0.05) is 18.2 Å². The van der Waals surface area contributed by atoms with Crippen LogP contribution in [-0.2, 0) is 4.74 Å². The molecule has 2 aromatic carbocycles. The second-order valence-electron chi connectivity index (χ2n) is 8.78. The fourth-order valence-electron chi connectivity index (χ4n) is 4.60. The molecule has 37 heavy (non-hydrogen) atoms. The molecule has 0 saturated carbocycles. The first-order chi connectivity index (χ1) is 17.9. The summed E-state index contributed by atoms with van der Waals surface area (Å²) < 4.78 is 28.4. The van der Waals surface area contributed by atoms with E-state index in [1.807, 2.05) is 6.07 Å². The smallest absolute Gasteiger partial charge is 0.229 e. The van der Waals surface area contributed by atoms with Gasteiger partial charge in [-0.2, -0.15) is 0 Å². The van der Waals surface area contributed by atoms with Crippen molar-refractivity contribution >= 4 is 6.08 Å². The molecule has 2 aromatic rings. The maximum atomic E-state index is 10.3. The van der Waals surface area contributed by atoms with E-state index in [0.717, 1.165) is 11.1 Å². The molecule has 0 unspecified atom stereocenters. The van der Waals surface area contributed by atoms with Crippen LogP contribution in [0.5, 0.6) is 23.0 Å². The Hall–Kier alpha value is -2.90. The molecule has 2 heterocycles. The Bertz CT molecular complexity index is 1100. The van der Waals surface area contributed by atoms with Gasteiger partial charge in [0.15, 0.2) is 23.0 Å². The van der Waals surface area contributed by atoms with Crippen molar-refractivity contribution in [1.82, 2.24) is 0 Å². The predicted octanol–water partition coefficient (Wildman–Crippen LogP) is 0.0976. The molecule has 7 atom stereocenters. The molecule has 4 rings (SSSR count). The molecule has 1 fully saturated rings. The summed E-state index contributed by atoms with van der Waals surface area (Å²) in [4.78, 5) is 0. The van der Waals surface area contributed by atoms with Crippen LogP contribution in [0.1, 0.15) is 28.7 Å². The van der Waals surface area contributed by atoms with E-state index in [0.29, 0.717) is 17.1 Å². The summed E-state index contributed by atoms with van der Waals surface area (Å²) >= 11 is 0. The van der Waals surface area contributed by atoms with Crippen LogP contribution in [0.25, 0.3) is 6.08 Å². The van der Waals surface area contributed by atoms with Crippen LogP contribution in [-0.4, -0.2) is 95.4 Å². The lowest BCUT2D eigenvalue weighted by molar-refractivity contribution is -0.277. The van der Waals surface area contributed by atoms with E-state index in [9.17, 15) is 25.5 Å². The van der Waals surface area contributed by atoms with Gasteiger partial charge in [-0.15, -0.1) is 0 Å². The van der Waals surface area contributed by atoms with Crippen LogP contribution in [0.15, 0.2) is 36.4 Å². The highest BCUT2D eigenvalue weighted by Gasteiger charge is 2.45. The molecule has 0 amide bonds. The maximum absolute atomic E-state index is 10.3. The number of ether oxygens (including phenoxy) is 5. The average Bonchev–Trinajstić information content (AvgIpc) is 3.30. The van der Waals surface area contributed by atoms with Crippen molar-refractivity contribution in [2.75, 3.05) is 34.0 Å². The zero-order chi connectivity index (χ0) is 26.7. The molecule has 202 valence electrons. The van der Waals surface area contributed by atoms with Crippen molar-refractivity contribution in [1.29, 1.82) is 0 Å². The summed E-state index contributed by atoms with van der Waals surface area (Å²) in [6, 6.07) is 8.60. The highest BCUT2D eigenvalue weighted by atomic mass is 16.7. The van der Waals surface area contributed by atoms with Gasteiger partial charge < -0.3 is 54.3 Å². The van der Waals surface area contributed by atoms with E-state index >= 15 is 0 Å². The Morgan fingerprint density at radius 1 is 0.865 bits per heavy atom. The number of aliphatic hydroxyl groups excluding tert-OH is 6. The fourth-order valence-corrected chi connectivity index (χ4v) is 4.60. The molecule has 2 aliphatic rings. The van der Waals surface area contributed by atoms with Gasteiger partial charge in [-0.25, -0.2) is 0 Å². The molecule has 1 saturated heterocycles. The maximum Gasteiger partial charge on any atom is 0.229 e. The van der Waals surface area contributed by atoms with E-state index < -0.39 is 49.3 Å². The second-order valence-corrected chi connectivity index (χ2v) is 8.78. The quantitative estimate of drug-likeness (QED) is 0.265. The largest absolute Gasteiger partial charge is 0.493 e. The van der Waals surface area contributed by atoms with Crippen LogP contribution >= 0.6 is 0 Å². The molecule has 11 heteroatoms. The minimum Gasteiger partial charge on any atom is -0.493 e. The highest BCUT2D eigenvalue weighted by Crippen LogP contribution is 2.51. The van der Waals surface area contributed by atoms with Crippen molar-refractivity contribution in [3.8, 4) is 23.0 Å². The molecule has 0 bridgehead atoms. The Balaban J connectivity index is 1.61. The molecule has 0 aromatic heterocycles. The lowest BCUT2D eigenvalue weighted by Crippen LogP contribution is -2.60. The zero-order valence-electron chi connectivity index (χ0n) is 20.4. The van der Waals surface area contributed by atoms with Gasteiger partial charge in [0.05, 0.1) is 40.0 Å². The first kappa shape index (κ1) is 27.1. The zero-order valence-corrected chi connectivity index (χ0v) is 20.4. The topological polar surface area (TPSA) is 168 Å². The monoisotopic (exact) mass is 520 g/mol. The van der Waals surface area contributed by atoms with Crippen LogP contribution in [0.4, 0.5) is 0 Å². The SMILES string of the molecule is COc1cc([C@@H]2Oc3c(OC)cc(C=CCO)cc3[C@@H]2CO)ccc1O[C@@H]1O[C@H](CO)[C@@H](O)[C@H](O)[C@H]1O. The summed E-state index contributed by atoms with van der Waals surface area (Å²) in [6.07, 6.45) is -4.38. The first-order valence-corrected chi connectivity index (χ1v) is 11.8. The summed E-state index contributed by atoms with van der Waals surface area (Å²) in [5.41, 5.74) is 2.21. The Morgan fingerprint density at radius 3 is 2.27 bits per heavy atom. The summed E-state index contributed by atoms with van der Waals surface area (Å²) in [5.74, 6) is 1.03. The van der Waals surface area contributed by atoms with Crippen LogP contribution in [0, 0.1) is 0 Å². The van der Waals surface area contributed by atoms with Crippen molar-refractivity contribution in [2.45, 2.75) is 42.7 Å². The lowest BCUT2D eigenvalue weighted by atomic mass is 9.90. The van der Waals surface area contributed by atoms with Gasteiger partial charge in [-0.3, -0.25) is 0 Å². The first-order valence-electron chi connectivity index (χ1n) is 11.8. The normalized spacial score (nSPS) is 29.1. The fraction of sp³-hybridized carbons (Fsp3) is 0.462. The van der Waals surface area contributed by atoms with Crippen LogP contribution in [0.2, 0.25) is 0 Å². The third kappa shape index (κ3) is 5.25. The van der Waals surface area contributed by atoms with E-state index in [1.165, 1.54) is 14.2 Å². The molecule has 6 N–H and O–H groups in total. The molecule has 0 radical (unpaired) electrons. The lowest BCUT2D eigenvalue weighted by Gasteiger charge is -2.39.